The molecule has 0 atom stereocenters. The maximum absolute atomic E-state index is 13.4. The molecule has 1 aliphatic heterocycles. The molecule has 1 heterocycles. The van der Waals surface area contributed by atoms with E-state index >= 15 is 0 Å². The van der Waals surface area contributed by atoms with E-state index in [4.69, 9.17) is 0 Å². The number of nitrogens with one attached hydrogen (secondary N) is 1. The first-order chi connectivity index (χ1) is 11.0. The molecule has 2 N–H and O–H groups in total. The lowest BCUT2D eigenvalue weighted by molar-refractivity contribution is -0.130. The van der Waals surface area contributed by atoms with E-state index in [2.05, 4.69) is 15.2 Å². The number of phenolic OH excluding ortho intramolecular Hbond substituents is 1. The van der Waals surface area contributed by atoms with Gasteiger partial charge in [-0.25, -0.2) is 9.38 Å². The molecule has 8 heteroatoms. The maximum atomic E-state index is 13.4. The number of guanidine groups is 1. The van der Waals surface area contributed by atoms with Crippen molar-refractivity contribution in [1.82, 2.24) is 15.1 Å². The van der Waals surface area contributed by atoms with Crippen LogP contribution in [0.2, 0.25) is 0 Å². The van der Waals surface area contributed by atoms with Crippen LogP contribution in [0.5, 0.6) is 5.75 Å². The zero-order valence-electron chi connectivity index (χ0n) is 14.0. The number of rotatable bonds is 3. The highest BCUT2D eigenvalue weighted by atomic mass is 127. The Kier molecular flexibility index (Phi) is 8.23. The fourth-order valence-corrected chi connectivity index (χ4v) is 2.47. The Morgan fingerprint density at radius 2 is 1.92 bits per heavy atom. The topological polar surface area (TPSA) is 68.2 Å². The largest absolute Gasteiger partial charge is 0.505 e. The summed E-state index contributed by atoms with van der Waals surface area (Å²) < 4.78 is 13.4. The minimum absolute atomic E-state index is 0. The molecule has 0 aromatic heterocycles. The normalized spacial score (nSPS) is 15.0. The van der Waals surface area contributed by atoms with Gasteiger partial charge in [-0.15, -0.1) is 24.0 Å². The molecule has 0 spiro atoms. The monoisotopic (exact) mass is 450 g/mol. The Balaban J connectivity index is 0.00000288. The minimum atomic E-state index is -0.641. The zero-order valence-corrected chi connectivity index (χ0v) is 16.3. The van der Waals surface area contributed by atoms with Crippen LogP contribution >= 0.6 is 24.0 Å². The summed E-state index contributed by atoms with van der Waals surface area (Å²) in [4.78, 5) is 19.8. The van der Waals surface area contributed by atoms with Gasteiger partial charge in [-0.3, -0.25) is 4.79 Å². The van der Waals surface area contributed by atoms with E-state index in [1.165, 1.54) is 12.1 Å². The molecule has 1 saturated heterocycles. The Hall–Kier alpha value is -1.58. The lowest BCUT2D eigenvalue weighted by Gasteiger charge is -2.36. The van der Waals surface area contributed by atoms with Gasteiger partial charge >= 0.3 is 0 Å². The van der Waals surface area contributed by atoms with Crippen molar-refractivity contribution in [2.75, 3.05) is 32.7 Å². The van der Waals surface area contributed by atoms with Crippen LogP contribution < -0.4 is 5.32 Å². The highest BCUT2D eigenvalue weighted by Gasteiger charge is 2.20. The number of carbonyl (C=O) groups excluding carboxylic acids is 1. The predicted octanol–water partition coefficient (Wildman–Crippen LogP) is 1.78. The Labute approximate surface area is 158 Å². The van der Waals surface area contributed by atoms with Gasteiger partial charge in [0.2, 0.25) is 5.91 Å². The van der Waals surface area contributed by atoms with Gasteiger partial charge in [0, 0.05) is 39.6 Å². The first-order valence-electron chi connectivity index (χ1n) is 7.77. The van der Waals surface area contributed by atoms with Crippen LogP contribution in [0.3, 0.4) is 0 Å². The first kappa shape index (κ1) is 20.5. The summed E-state index contributed by atoms with van der Waals surface area (Å²) in [7, 11) is 0. The number of halogens is 2. The molecule has 0 radical (unpaired) electrons. The number of carbonyl (C=O) groups is 1. The number of amides is 1. The fourth-order valence-electron chi connectivity index (χ4n) is 2.47. The highest BCUT2D eigenvalue weighted by Crippen LogP contribution is 2.16. The third-order valence-electron chi connectivity index (χ3n) is 3.78. The van der Waals surface area contributed by atoms with Crippen LogP contribution in [0.4, 0.5) is 4.39 Å². The third-order valence-corrected chi connectivity index (χ3v) is 3.78. The number of hydrogen-bond acceptors (Lipinski definition) is 3. The molecule has 1 fully saturated rings. The molecule has 1 aliphatic rings. The highest BCUT2D eigenvalue weighted by molar-refractivity contribution is 14.0. The van der Waals surface area contributed by atoms with Crippen molar-refractivity contribution in [3.05, 3.63) is 29.6 Å². The van der Waals surface area contributed by atoms with Gasteiger partial charge in [0.25, 0.3) is 0 Å². The molecule has 6 nitrogen and oxygen atoms in total. The first-order valence-corrected chi connectivity index (χ1v) is 7.77. The third kappa shape index (κ3) is 5.50. The van der Waals surface area contributed by atoms with Crippen molar-refractivity contribution in [3.63, 3.8) is 0 Å². The van der Waals surface area contributed by atoms with E-state index in [1.807, 2.05) is 11.8 Å². The molecular formula is C16H24FIN4O2. The van der Waals surface area contributed by atoms with Gasteiger partial charge < -0.3 is 20.2 Å². The molecule has 24 heavy (non-hydrogen) atoms. The predicted molar refractivity (Wildman–Crippen MR) is 102 cm³/mol. The molecule has 1 aromatic carbocycles. The van der Waals surface area contributed by atoms with Gasteiger partial charge in [-0.05, 0) is 24.6 Å². The van der Waals surface area contributed by atoms with Crippen LogP contribution in [0.25, 0.3) is 0 Å². The number of phenols is 1. The summed E-state index contributed by atoms with van der Waals surface area (Å²) in [5.41, 5.74) is 0.693. The molecular weight excluding hydrogens is 426 g/mol. The summed E-state index contributed by atoms with van der Waals surface area (Å²) in [6.07, 6.45) is 0. The molecule has 134 valence electrons. The lowest BCUT2D eigenvalue weighted by atomic mass is 10.2. The smallest absolute Gasteiger partial charge is 0.219 e. The average molecular weight is 450 g/mol. The van der Waals surface area contributed by atoms with Crippen LogP contribution in [0.1, 0.15) is 19.4 Å². The second kappa shape index (κ2) is 9.65. The Morgan fingerprint density at radius 1 is 1.29 bits per heavy atom. The summed E-state index contributed by atoms with van der Waals surface area (Å²) in [6.45, 7) is 7.41. The van der Waals surface area contributed by atoms with Crippen LogP contribution in [-0.2, 0) is 11.3 Å². The van der Waals surface area contributed by atoms with E-state index < -0.39 is 5.82 Å². The van der Waals surface area contributed by atoms with Crippen molar-refractivity contribution >= 4 is 35.8 Å². The van der Waals surface area contributed by atoms with E-state index in [0.29, 0.717) is 25.2 Å². The second-order valence-corrected chi connectivity index (χ2v) is 5.45. The van der Waals surface area contributed by atoms with E-state index in [9.17, 15) is 14.3 Å². The summed E-state index contributed by atoms with van der Waals surface area (Å²) >= 11 is 0. The van der Waals surface area contributed by atoms with Crippen LogP contribution in [0, 0.1) is 5.82 Å². The number of nitrogens with zero attached hydrogens (tertiary/aromatic N) is 3. The van der Waals surface area contributed by atoms with Crippen LogP contribution in [-0.4, -0.2) is 59.5 Å². The number of hydrogen-bond donors (Lipinski definition) is 2. The van der Waals surface area contributed by atoms with Gasteiger partial charge in [0.05, 0.1) is 6.54 Å². The van der Waals surface area contributed by atoms with E-state index in [-0.39, 0.29) is 35.6 Å². The lowest BCUT2D eigenvalue weighted by Crippen LogP contribution is -2.53. The molecule has 0 unspecified atom stereocenters. The number of aliphatic imine (C=N–C) groups is 1. The van der Waals surface area contributed by atoms with Crippen molar-refractivity contribution in [3.8, 4) is 5.75 Å². The molecule has 1 amide bonds. The molecule has 1 aromatic rings. The van der Waals surface area contributed by atoms with E-state index in [1.54, 1.807) is 13.0 Å². The minimum Gasteiger partial charge on any atom is -0.505 e. The molecule has 2 rings (SSSR count). The maximum Gasteiger partial charge on any atom is 0.219 e. The summed E-state index contributed by atoms with van der Waals surface area (Å²) in [5, 5.41) is 12.4. The number of benzene rings is 1. The van der Waals surface area contributed by atoms with Crippen molar-refractivity contribution in [1.29, 1.82) is 0 Å². The Bertz CT molecular complexity index is 589. The SMILES string of the molecule is CCNC(=NCc1ccc(O)c(F)c1)N1CCN(C(C)=O)CC1.I. The standard InChI is InChI=1S/C16H23FN4O2.HI/c1-3-18-16(21-8-6-20(7-9-21)12(2)22)19-11-13-4-5-15(23)14(17)10-13;/h4-5,10,23H,3,6-9,11H2,1-2H3,(H,18,19);1H. The van der Waals surface area contributed by atoms with E-state index in [0.717, 1.165) is 25.6 Å². The summed E-state index contributed by atoms with van der Waals surface area (Å²) in [5.74, 6) is -0.155. The van der Waals surface area contributed by atoms with Crippen molar-refractivity contribution in [2.24, 2.45) is 4.99 Å². The van der Waals surface area contributed by atoms with Gasteiger partial charge in [0.1, 0.15) is 0 Å². The molecule has 0 bridgehead atoms. The van der Waals surface area contributed by atoms with Crippen molar-refractivity contribution in [2.45, 2.75) is 20.4 Å². The molecule has 0 aliphatic carbocycles. The summed E-state index contributed by atoms with van der Waals surface area (Å²) in [6, 6.07) is 4.27. The molecule has 0 saturated carbocycles. The van der Waals surface area contributed by atoms with Crippen molar-refractivity contribution < 1.29 is 14.3 Å². The van der Waals surface area contributed by atoms with Gasteiger partial charge in [-0.1, -0.05) is 6.07 Å². The Morgan fingerprint density at radius 3 is 2.46 bits per heavy atom. The average Bonchev–Trinajstić information content (AvgIpc) is 2.54. The number of piperazine rings is 1. The zero-order chi connectivity index (χ0) is 16.8. The quantitative estimate of drug-likeness (QED) is 0.419. The second-order valence-electron chi connectivity index (χ2n) is 5.45. The van der Waals surface area contributed by atoms with Gasteiger partial charge in [-0.2, -0.15) is 0 Å². The number of aromatic hydroxyl groups is 1. The van der Waals surface area contributed by atoms with Crippen LogP contribution in [0.15, 0.2) is 23.2 Å². The fraction of sp³-hybridized carbons (Fsp3) is 0.500. The van der Waals surface area contributed by atoms with Gasteiger partial charge in [0.15, 0.2) is 17.5 Å².